The lowest BCUT2D eigenvalue weighted by Crippen LogP contribution is -2.56. The zero-order valence-corrected chi connectivity index (χ0v) is 13.7. The largest absolute Gasteiger partial charge is 0.271 e. The molecule has 4 heteroatoms. The average Bonchev–Trinajstić information content (AvgIpc) is 2.83. The highest BCUT2D eigenvalue weighted by Gasteiger charge is 2.45. The molecule has 0 aliphatic heterocycles. The molecule has 0 radical (unpaired) electrons. The first kappa shape index (κ1) is 14.3. The summed E-state index contributed by atoms with van der Waals surface area (Å²) in [7, 11) is 0. The Morgan fingerprint density at radius 3 is 2.50 bits per heavy atom. The van der Waals surface area contributed by atoms with Crippen LogP contribution in [0.2, 0.25) is 0 Å². The smallest absolute Gasteiger partial charge is 0.0355 e. The van der Waals surface area contributed by atoms with Crippen LogP contribution in [0.25, 0.3) is 0 Å². The molecule has 1 unspecified atom stereocenters. The van der Waals surface area contributed by atoms with E-state index in [0.717, 1.165) is 6.42 Å². The molecule has 1 aliphatic carbocycles. The molecular weight excluding hydrogens is 332 g/mol. The summed E-state index contributed by atoms with van der Waals surface area (Å²) in [6.07, 6.45) is 4.70. The van der Waals surface area contributed by atoms with Crippen molar-refractivity contribution in [1.82, 2.24) is 5.43 Å². The first-order valence-electron chi connectivity index (χ1n) is 7.00. The lowest BCUT2D eigenvalue weighted by Gasteiger charge is -2.48. The van der Waals surface area contributed by atoms with Gasteiger partial charge in [0.05, 0.1) is 0 Å². The van der Waals surface area contributed by atoms with Gasteiger partial charge >= 0.3 is 0 Å². The Morgan fingerprint density at radius 2 is 2.00 bits per heavy atom. The van der Waals surface area contributed by atoms with Crippen molar-refractivity contribution < 1.29 is 0 Å². The van der Waals surface area contributed by atoms with Crippen molar-refractivity contribution in [2.75, 3.05) is 0 Å². The molecule has 1 fully saturated rings. The van der Waals surface area contributed by atoms with E-state index < -0.39 is 0 Å². The van der Waals surface area contributed by atoms with Gasteiger partial charge in [-0.3, -0.25) is 11.3 Å². The molecule has 0 amide bonds. The Bertz CT molecular complexity index is 563. The predicted molar refractivity (Wildman–Crippen MR) is 88.8 cm³/mol. The van der Waals surface area contributed by atoms with Crippen molar-refractivity contribution in [3.63, 3.8) is 0 Å². The second kappa shape index (κ2) is 5.98. The summed E-state index contributed by atoms with van der Waals surface area (Å²) in [5.41, 5.74) is 4.71. The maximum Gasteiger partial charge on any atom is 0.0355 e. The summed E-state index contributed by atoms with van der Waals surface area (Å²) in [5.74, 6) is 5.91. The Morgan fingerprint density at radius 1 is 1.25 bits per heavy atom. The summed E-state index contributed by atoms with van der Waals surface area (Å²) >= 11 is 5.43. The van der Waals surface area contributed by atoms with Crippen molar-refractivity contribution in [2.24, 2.45) is 5.84 Å². The van der Waals surface area contributed by atoms with Crippen LogP contribution in [0.15, 0.2) is 46.3 Å². The Balaban J connectivity index is 1.89. The number of rotatable bonds is 5. The first-order chi connectivity index (χ1) is 9.76. The van der Waals surface area contributed by atoms with Crippen molar-refractivity contribution in [2.45, 2.75) is 37.1 Å². The van der Waals surface area contributed by atoms with Gasteiger partial charge in [-0.05, 0) is 45.8 Å². The fourth-order valence-corrected chi connectivity index (χ4v) is 4.80. The van der Waals surface area contributed by atoms with Crippen LogP contribution in [0, 0.1) is 0 Å². The van der Waals surface area contributed by atoms with Crippen molar-refractivity contribution in [3.8, 4) is 0 Å². The highest BCUT2D eigenvalue weighted by molar-refractivity contribution is 9.10. The van der Waals surface area contributed by atoms with Crippen LogP contribution in [0.4, 0.5) is 0 Å². The molecule has 0 saturated heterocycles. The van der Waals surface area contributed by atoms with E-state index in [9.17, 15) is 0 Å². The molecule has 1 saturated carbocycles. The molecule has 1 atom stereocenters. The quantitative estimate of drug-likeness (QED) is 0.631. The number of nitrogens with one attached hydrogen (secondary N) is 1. The molecule has 1 heterocycles. The second-order valence-electron chi connectivity index (χ2n) is 5.49. The summed E-state index contributed by atoms with van der Waals surface area (Å²) < 4.78 is 1.20. The van der Waals surface area contributed by atoms with Gasteiger partial charge in [-0.1, -0.05) is 36.8 Å². The Kier molecular flexibility index (Phi) is 4.26. The average molecular weight is 351 g/mol. The normalized spacial score (nSPS) is 18.5. The summed E-state index contributed by atoms with van der Waals surface area (Å²) in [4.78, 5) is 1.37. The molecule has 106 valence electrons. The van der Waals surface area contributed by atoms with Gasteiger partial charge in [0.15, 0.2) is 0 Å². The number of hydrogen-bond donors (Lipinski definition) is 2. The van der Waals surface area contributed by atoms with Crippen molar-refractivity contribution in [3.05, 3.63) is 56.7 Å². The summed E-state index contributed by atoms with van der Waals surface area (Å²) in [5, 5.41) is 2.13. The lowest BCUT2D eigenvalue weighted by atomic mass is 9.59. The van der Waals surface area contributed by atoms with Crippen LogP contribution in [0.1, 0.15) is 29.7 Å². The minimum atomic E-state index is 0.194. The van der Waals surface area contributed by atoms with Gasteiger partial charge in [0, 0.05) is 27.2 Å². The van der Waals surface area contributed by atoms with Gasteiger partial charge in [-0.15, -0.1) is 11.3 Å². The van der Waals surface area contributed by atoms with E-state index in [4.69, 9.17) is 5.84 Å². The third-order valence-electron chi connectivity index (χ3n) is 4.54. The molecule has 0 spiro atoms. The maximum absolute atomic E-state index is 5.91. The van der Waals surface area contributed by atoms with Crippen LogP contribution < -0.4 is 11.3 Å². The van der Waals surface area contributed by atoms with Gasteiger partial charge < -0.3 is 0 Å². The van der Waals surface area contributed by atoms with Gasteiger partial charge in [-0.2, -0.15) is 0 Å². The summed E-state index contributed by atoms with van der Waals surface area (Å²) in [6, 6.07) is 13.2. The number of halogens is 1. The van der Waals surface area contributed by atoms with Gasteiger partial charge in [-0.25, -0.2) is 0 Å². The number of nitrogens with two attached hydrogens (primary N) is 1. The van der Waals surface area contributed by atoms with Crippen molar-refractivity contribution in [1.29, 1.82) is 0 Å². The third kappa shape index (κ3) is 2.46. The van der Waals surface area contributed by atoms with Gasteiger partial charge in [0.25, 0.3) is 0 Å². The van der Waals surface area contributed by atoms with E-state index in [1.54, 1.807) is 11.3 Å². The van der Waals surface area contributed by atoms with E-state index in [-0.39, 0.29) is 11.5 Å². The van der Waals surface area contributed by atoms with Gasteiger partial charge in [0.2, 0.25) is 0 Å². The zero-order valence-electron chi connectivity index (χ0n) is 11.3. The minimum absolute atomic E-state index is 0.194. The number of hydrazine groups is 1. The topological polar surface area (TPSA) is 38.0 Å². The van der Waals surface area contributed by atoms with Crippen LogP contribution in [0.3, 0.4) is 0 Å². The second-order valence-corrected chi connectivity index (χ2v) is 7.35. The Labute approximate surface area is 132 Å². The molecule has 2 aromatic rings. The SMILES string of the molecule is NNC(Cc1sccc1Br)C1(c2ccccc2)CCC1. The first-order valence-corrected chi connectivity index (χ1v) is 8.67. The van der Waals surface area contributed by atoms with Crippen LogP contribution in [-0.2, 0) is 11.8 Å². The monoisotopic (exact) mass is 350 g/mol. The highest BCUT2D eigenvalue weighted by atomic mass is 79.9. The number of hydrogen-bond acceptors (Lipinski definition) is 3. The molecule has 1 aromatic carbocycles. The Hall–Kier alpha value is -0.680. The third-order valence-corrected chi connectivity index (χ3v) is 6.49. The van der Waals surface area contributed by atoms with E-state index in [0.29, 0.717) is 0 Å². The van der Waals surface area contributed by atoms with Gasteiger partial charge in [0.1, 0.15) is 0 Å². The maximum atomic E-state index is 5.91. The zero-order chi connectivity index (χ0) is 14.0. The van der Waals surface area contributed by atoms with E-state index >= 15 is 0 Å². The molecule has 3 N–H and O–H groups in total. The van der Waals surface area contributed by atoms with Crippen molar-refractivity contribution >= 4 is 27.3 Å². The molecule has 20 heavy (non-hydrogen) atoms. The predicted octanol–water partition coefficient (Wildman–Crippen LogP) is 4.01. The van der Waals surface area contributed by atoms with E-state index in [1.165, 1.54) is 34.2 Å². The fourth-order valence-electron chi connectivity index (χ4n) is 3.24. The minimum Gasteiger partial charge on any atom is -0.271 e. The van der Waals surface area contributed by atoms with Crippen LogP contribution in [-0.4, -0.2) is 6.04 Å². The molecular formula is C16H19BrN2S. The highest BCUT2D eigenvalue weighted by Crippen LogP contribution is 2.47. The summed E-state index contributed by atoms with van der Waals surface area (Å²) in [6.45, 7) is 0. The van der Waals surface area contributed by atoms with Crippen LogP contribution >= 0.6 is 27.3 Å². The van der Waals surface area contributed by atoms with Crippen LogP contribution in [0.5, 0.6) is 0 Å². The van der Waals surface area contributed by atoms with E-state index in [1.807, 2.05) is 0 Å². The molecule has 1 aromatic heterocycles. The molecule has 0 bridgehead atoms. The number of thiophene rings is 1. The lowest BCUT2D eigenvalue weighted by molar-refractivity contribution is 0.169. The van der Waals surface area contributed by atoms with E-state index in [2.05, 4.69) is 63.1 Å². The fraction of sp³-hybridized carbons (Fsp3) is 0.375. The molecule has 2 nitrogen and oxygen atoms in total. The number of benzene rings is 1. The standard InChI is InChI=1S/C16H19BrN2S/c17-13-7-10-20-14(13)11-15(19-18)16(8-4-9-16)12-5-2-1-3-6-12/h1-3,5-7,10,15,19H,4,8-9,11,18H2. The molecule has 3 rings (SSSR count). The molecule has 1 aliphatic rings.